The van der Waals surface area contributed by atoms with E-state index in [9.17, 15) is 27.2 Å². The van der Waals surface area contributed by atoms with Crippen LogP contribution in [-0.2, 0) is 17.5 Å². The summed E-state index contributed by atoms with van der Waals surface area (Å²) in [6.07, 6.45) is 1.16. The van der Waals surface area contributed by atoms with Crippen molar-refractivity contribution in [1.82, 2.24) is 19.2 Å². The first kappa shape index (κ1) is 28.7. The number of hydrogen-bond acceptors (Lipinski definition) is 4. The third-order valence-corrected chi connectivity index (χ3v) is 6.87. The Kier molecular flexibility index (Phi) is 8.68. The van der Waals surface area contributed by atoms with Crippen LogP contribution in [0.15, 0.2) is 35.3 Å². The smallest absolute Gasteiger partial charge is 0.419 e. The van der Waals surface area contributed by atoms with Crippen molar-refractivity contribution in [2.75, 3.05) is 26.2 Å². The Morgan fingerprint density at radius 1 is 1.13 bits per heavy atom. The first-order valence-electron chi connectivity index (χ1n) is 13.2. The summed E-state index contributed by atoms with van der Waals surface area (Å²) < 4.78 is 63.2. The Bertz CT molecular complexity index is 1390. The number of fused-ring (bicyclic) bond motifs is 1. The van der Waals surface area contributed by atoms with Crippen molar-refractivity contribution in [2.45, 2.75) is 65.2 Å². The molecule has 1 N–H and O–H groups in total. The number of nitrogens with one attached hydrogen (secondary N) is 1. The molecule has 1 aliphatic heterocycles. The molecule has 0 unspecified atom stereocenters. The molecule has 11 heteroatoms. The minimum atomic E-state index is -4.93. The Balaban J connectivity index is 1.72. The number of aromatic nitrogens is 2. The van der Waals surface area contributed by atoms with Crippen LogP contribution in [0.3, 0.4) is 0 Å². The fraction of sp³-hybridized carbons (Fsp3) is 0.500. The van der Waals surface area contributed by atoms with Crippen molar-refractivity contribution in [3.63, 3.8) is 0 Å². The standard InChI is InChI=1S/C28H34F4N4O3/c1-18(2)33-25(37)17-36-26(20-8-9-23(29)22(14-20)28(30,31)32)19(3)35-16-21(15-24(35)27(36)38)39-13-7-12-34-10-5-4-6-11-34/h8-9,14-16,18H,4-7,10-13,17H2,1-3H3,(H,33,37). The Labute approximate surface area is 224 Å². The molecule has 0 radical (unpaired) electrons. The molecule has 7 nitrogen and oxygen atoms in total. The van der Waals surface area contributed by atoms with E-state index in [1.54, 1.807) is 37.4 Å². The van der Waals surface area contributed by atoms with Crippen LogP contribution >= 0.6 is 0 Å². The van der Waals surface area contributed by atoms with Gasteiger partial charge in [0.15, 0.2) is 0 Å². The molecule has 39 heavy (non-hydrogen) atoms. The van der Waals surface area contributed by atoms with Crippen molar-refractivity contribution in [3.05, 3.63) is 57.9 Å². The number of rotatable bonds is 9. The van der Waals surface area contributed by atoms with Crippen LogP contribution in [0.1, 0.15) is 50.8 Å². The van der Waals surface area contributed by atoms with E-state index in [0.29, 0.717) is 24.1 Å². The number of hydrogen-bond donors (Lipinski definition) is 1. The number of halogens is 4. The zero-order chi connectivity index (χ0) is 28.3. The number of benzene rings is 1. The fourth-order valence-electron chi connectivity index (χ4n) is 5.09. The molecule has 0 aliphatic carbocycles. The number of alkyl halides is 3. The quantitative estimate of drug-likeness (QED) is 0.300. The van der Waals surface area contributed by atoms with Gasteiger partial charge in [0.25, 0.3) is 5.56 Å². The largest absolute Gasteiger partial charge is 0.492 e. The molecule has 2 aromatic heterocycles. The SMILES string of the molecule is Cc1c(-c2ccc(F)c(C(F)(F)F)c2)n(CC(=O)NC(C)C)c(=O)c2cc(OCCCN3CCCCC3)cn12. The van der Waals surface area contributed by atoms with E-state index in [1.807, 2.05) is 0 Å². The number of nitrogens with zero attached hydrogens (tertiary/aromatic N) is 3. The predicted molar refractivity (Wildman–Crippen MR) is 140 cm³/mol. The molecule has 1 aromatic carbocycles. The van der Waals surface area contributed by atoms with Crippen molar-refractivity contribution in [3.8, 4) is 17.0 Å². The minimum Gasteiger partial charge on any atom is -0.492 e. The number of carbonyl (C=O) groups is 1. The number of aryl methyl sites for hydroxylation is 1. The second kappa shape index (κ2) is 11.8. The normalized spacial score (nSPS) is 14.8. The molecular formula is C28H34F4N4O3. The second-order valence-electron chi connectivity index (χ2n) is 10.3. The van der Waals surface area contributed by atoms with Gasteiger partial charge in [-0.1, -0.05) is 6.42 Å². The van der Waals surface area contributed by atoms with Gasteiger partial charge in [-0.15, -0.1) is 0 Å². The molecule has 4 rings (SSSR count). The summed E-state index contributed by atoms with van der Waals surface area (Å²) in [7, 11) is 0. The highest BCUT2D eigenvalue weighted by Crippen LogP contribution is 2.35. The molecule has 0 atom stereocenters. The lowest BCUT2D eigenvalue weighted by molar-refractivity contribution is -0.140. The molecule has 212 valence electrons. The zero-order valence-electron chi connectivity index (χ0n) is 22.4. The molecule has 1 saturated heterocycles. The van der Waals surface area contributed by atoms with Crippen LogP contribution in [0.5, 0.6) is 5.75 Å². The van der Waals surface area contributed by atoms with Gasteiger partial charge in [-0.25, -0.2) is 4.39 Å². The van der Waals surface area contributed by atoms with E-state index in [-0.39, 0.29) is 22.8 Å². The maximum atomic E-state index is 14.1. The number of carbonyl (C=O) groups excluding carboxylic acids is 1. The van der Waals surface area contributed by atoms with Gasteiger partial charge in [-0.05, 0) is 71.3 Å². The molecule has 1 aliphatic rings. The molecule has 0 spiro atoms. The lowest BCUT2D eigenvalue weighted by Gasteiger charge is -2.26. The summed E-state index contributed by atoms with van der Waals surface area (Å²) in [6.45, 7) is 8.26. The number of amides is 1. The summed E-state index contributed by atoms with van der Waals surface area (Å²) in [5.74, 6) is -1.45. The van der Waals surface area contributed by atoms with E-state index < -0.39 is 35.6 Å². The predicted octanol–water partition coefficient (Wildman–Crippen LogP) is 5.01. The maximum absolute atomic E-state index is 14.1. The van der Waals surface area contributed by atoms with Crippen LogP contribution in [0, 0.1) is 12.7 Å². The van der Waals surface area contributed by atoms with Crippen LogP contribution in [0.25, 0.3) is 16.8 Å². The Morgan fingerprint density at radius 2 is 1.85 bits per heavy atom. The van der Waals surface area contributed by atoms with Gasteiger partial charge in [0.1, 0.15) is 23.6 Å². The summed E-state index contributed by atoms with van der Waals surface area (Å²) in [6, 6.07) is 3.93. The van der Waals surface area contributed by atoms with Crippen molar-refractivity contribution in [2.24, 2.45) is 0 Å². The van der Waals surface area contributed by atoms with Gasteiger partial charge in [-0.3, -0.25) is 14.2 Å². The Morgan fingerprint density at radius 3 is 2.51 bits per heavy atom. The van der Waals surface area contributed by atoms with Crippen molar-refractivity contribution < 1.29 is 27.1 Å². The second-order valence-corrected chi connectivity index (χ2v) is 10.3. The van der Waals surface area contributed by atoms with Crippen LogP contribution < -0.4 is 15.6 Å². The minimum absolute atomic E-state index is 0.0322. The van der Waals surface area contributed by atoms with Crippen molar-refractivity contribution >= 4 is 11.4 Å². The summed E-state index contributed by atoms with van der Waals surface area (Å²) in [4.78, 5) is 28.6. The number of likely N-dealkylation sites (tertiary alicyclic amines) is 1. The van der Waals surface area contributed by atoms with Crippen LogP contribution in [0.4, 0.5) is 17.6 Å². The topological polar surface area (TPSA) is 68.0 Å². The number of piperidine rings is 1. The first-order chi connectivity index (χ1) is 18.5. The fourth-order valence-corrected chi connectivity index (χ4v) is 5.09. The van der Waals surface area contributed by atoms with Crippen LogP contribution in [0.2, 0.25) is 0 Å². The molecular weight excluding hydrogens is 516 g/mol. The van der Waals surface area contributed by atoms with E-state index in [4.69, 9.17) is 4.74 Å². The van der Waals surface area contributed by atoms with Crippen LogP contribution in [-0.4, -0.2) is 52.1 Å². The molecule has 3 aromatic rings. The monoisotopic (exact) mass is 550 g/mol. The van der Waals surface area contributed by atoms with E-state index >= 15 is 0 Å². The van der Waals surface area contributed by atoms with Gasteiger partial charge >= 0.3 is 6.18 Å². The molecule has 1 fully saturated rings. The average molecular weight is 551 g/mol. The highest BCUT2D eigenvalue weighted by molar-refractivity contribution is 5.78. The van der Waals surface area contributed by atoms with Gasteiger partial charge in [0.2, 0.25) is 5.91 Å². The van der Waals surface area contributed by atoms with Gasteiger partial charge < -0.3 is 19.4 Å². The highest BCUT2D eigenvalue weighted by Gasteiger charge is 2.35. The van der Waals surface area contributed by atoms with Gasteiger partial charge in [-0.2, -0.15) is 13.2 Å². The molecule has 0 bridgehead atoms. The Hall–Kier alpha value is -3.34. The molecule has 3 heterocycles. The number of ether oxygens (including phenoxy) is 1. The third kappa shape index (κ3) is 6.63. The molecule has 1 amide bonds. The van der Waals surface area contributed by atoms with Gasteiger partial charge in [0, 0.05) is 29.9 Å². The summed E-state index contributed by atoms with van der Waals surface area (Å²) in [5.41, 5.74) is -1.34. The molecule has 0 saturated carbocycles. The van der Waals surface area contributed by atoms with E-state index in [2.05, 4.69) is 10.2 Å². The maximum Gasteiger partial charge on any atom is 0.419 e. The third-order valence-electron chi connectivity index (χ3n) is 6.87. The van der Waals surface area contributed by atoms with E-state index in [1.165, 1.54) is 25.3 Å². The lowest BCUT2D eigenvalue weighted by atomic mass is 10.0. The highest BCUT2D eigenvalue weighted by atomic mass is 19.4. The zero-order valence-corrected chi connectivity index (χ0v) is 22.4. The first-order valence-corrected chi connectivity index (χ1v) is 13.2. The lowest BCUT2D eigenvalue weighted by Crippen LogP contribution is -2.37. The summed E-state index contributed by atoms with van der Waals surface area (Å²) >= 11 is 0. The van der Waals surface area contributed by atoms with Gasteiger partial charge in [0.05, 0.1) is 24.1 Å². The van der Waals surface area contributed by atoms with E-state index in [0.717, 1.165) is 36.7 Å². The van der Waals surface area contributed by atoms with Crippen molar-refractivity contribution in [1.29, 1.82) is 0 Å². The summed E-state index contributed by atoms with van der Waals surface area (Å²) in [5, 5.41) is 2.70. The average Bonchev–Trinajstić information content (AvgIpc) is 3.30.